The summed E-state index contributed by atoms with van der Waals surface area (Å²) < 4.78 is 22.9. The van der Waals surface area contributed by atoms with Crippen LogP contribution in [0.4, 0.5) is 0 Å². The molecule has 41 heavy (non-hydrogen) atoms. The topological polar surface area (TPSA) is 98.7 Å². The molecule has 9 nitrogen and oxygen atoms in total. The fourth-order valence-electron chi connectivity index (χ4n) is 5.12. The zero-order chi connectivity index (χ0) is 28.8. The van der Waals surface area contributed by atoms with E-state index in [1.54, 1.807) is 14.0 Å². The van der Waals surface area contributed by atoms with Crippen LogP contribution in [0.5, 0.6) is 11.5 Å². The number of hydrogen-bond donors (Lipinski definition) is 1. The number of thioether (sulfide) groups is 1. The Balaban J connectivity index is 1.42. The minimum absolute atomic E-state index is 0.0573. The van der Waals surface area contributed by atoms with Crippen LogP contribution in [-0.2, 0) is 25.7 Å². The quantitative estimate of drug-likeness (QED) is 0.369. The number of esters is 1. The third-order valence-corrected chi connectivity index (χ3v) is 8.02. The maximum absolute atomic E-state index is 13.3. The molecule has 0 saturated carbocycles. The van der Waals surface area contributed by atoms with Crippen molar-refractivity contribution in [2.24, 2.45) is 4.99 Å². The second-order valence-corrected chi connectivity index (χ2v) is 10.8. The van der Waals surface area contributed by atoms with Crippen molar-refractivity contribution in [2.45, 2.75) is 51.9 Å². The van der Waals surface area contributed by atoms with Gasteiger partial charge in [0.1, 0.15) is 6.61 Å². The van der Waals surface area contributed by atoms with E-state index in [4.69, 9.17) is 23.9 Å². The molecule has 2 aromatic rings. The highest BCUT2D eigenvalue weighted by Crippen LogP contribution is 2.46. The molecule has 1 N–H and O–H groups in total. The van der Waals surface area contributed by atoms with Crippen molar-refractivity contribution >= 4 is 28.8 Å². The van der Waals surface area contributed by atoms with Crippen molar-refractivity contribution in [2.75, 3.05) is 26.9 Å². The van der Waals surface area contributed by atoms with Crippen molar-refractivity contribution in [3.8, 4) is 11.5 Å². The van der Waals surface area contributed by atoms with Gasteiger partial charge in [-0.1, -0.05) is 48.2 Å². The molecule has 216 valence electrons. The van der Waals surface area contributed by atoms with Gasteiger partial charge in [-0.05, 0) is 55.4 Å². The number of methoxy groups -OCH3 is 1. The number of ether oxygens (including phenoxy) is 4. The molecule has 3 aliphatic heterocycles. The molecule has 1 saturated heterocycles. The lowest BCUT2D eigenvalue weighted by molar-refractivity contribution is -0.139. The number of amides is 1. The Morgan fingerprint density at radius 3 is 2.73 bits per heavy atom. The van der Waals surface area contributed by atoms with Gasteiger partial charge in [0.2, 0.25) is 5.91 Å². The predicted molar refractivity (Wildman–Crippen MR) is 157 cm³/mol. The Morgan fingerprint density at radius 2 is 2.00 bits per heavy atom. The fraction of sp³-hybridized carbons (Fsp3) is 0.387. The highest BCUT2D eigenvalue weighted by Gasteiger charge is 2.41. The normalized spacial score (nSPS) is 19.8. The molecule has 0 aliphatic carbocycles. The van der Waals surface area contributed by atoms with Crippen molar-refractivity contribution in [1.82, 2.24) is 10.2 Å². The maximum atomic E-state index is 13.3. The van der Waals surface area contributed by atoms with E-state index in [2.05, 4.69) is 5.32 Å². The summed E-state index contributed by atoms with van der Waals surface area (Å²) in [6.45, 7) is 5.43. The highest BCUT2D eigenvalue weighted by molar-refractivity contribution is 8.16. The van der Waals surface area contributed by atoms with E-state index in [0.717, 1.165) is 36.3 Å². The SMILES string of the molecule is CCOC(=O)C1=C(C)N=C2SC=C(CC(=O)NC[C@H]3CCCO3)N2[C@@H]1c1ccc(OCc2ccccc2)c(OC)c1. The first-order chi connectivity index (χ1) is 20.0. The lowest BCUT2D eigenvalue weighted by Gasteiger charge is -2.36. The number of fused-ring (bicyclic) bond motifs is 1. The number of rotatable bonds is 11. The van der Waals surface area contributed by atoms with Crippen molar-refractivity contribution in [1.29, 1.82) is 0 Å². The largest absolute Gasteiger partial charge is 0.493 e. The van der Waals surface area contributed by atoms with Crippen molar-refractivity contribution < 1.29 is 28.5 Å². The Labute approximate surface area is 244 Å². The molecule has 0 bridgehead atoms. The van der Waals surface area contributed by atoms with Crippen LogP contribution in [-0.4, -0.2) is 54.9 Å². The Kier molecular flexibility index (Phi) is 9.31. The molecular weight excluding hydrogens is 542 g/mol. The number of benzene rings is 2. The summed E-state index contributed by atoms with van der Waals surface area (Å²) in [5, 5.41) is 5.62. The lowest BCUT2D eigenvalue weighted by atomic mass is 9.93. The Morgan fingerprint density at radius 1 is 1.17 bits per heavy atom. The third-order valence-electron chi connectivity index (χ3n) is 7.13. The van der Waals surface area contributed by atoms with E-state index >= 15 is 0 Å². The molecule has 0 aromatic heterocycles. The first kappa shape index (κ1) is 28.8. The fourth-order valence-corrected chi connectivity index (χ4v) is 6.09. The number of amidine groups is 1. The first-order valence-corrected chi connectivity index (χ1v) is 14.7. The summed E-state index contributed by atoms with van der Waals surface area (Å²) in [5.74, 6) is 0.567. The van der Waals surface area contributed by atoms with Crippen LogP contribution in [0, 0.1) is 0 Å². The zero-order valence-corrected chi connectivity index (χ0v) is 24.4. The van der Waals surface area contributed by atoms with Crippen LogP contribution in [0.3, 0.4) is 0 Å². The Bertz CT molecular complexity index is 1370. The van der Waals surface area contributed by atoms with Gasteiger partial charge < -0.3 is 29.2 Å². The van der Waals surface area contributed by atoms with Gasteiger partial charge in [-0.3, -0.25) is 4.79 Å². The number of carbonyl (C=O) groups is 2. The Hall–Kier alpha value is -3.76. The minimum Gasteiger partial charge on any atom is -0.493 e. The summed E-state index contributed by atoms with van der Waals surface area (Å²) in [5.41, 5.74) is 3.58. The van der Waals surface area contributed by atoms with E-state index in [1.165, 1.54) is 11.8 Å². The minimum atomic E-state index is -0.564. The van der Waals surface area contributed by atoms with Gasteiger partial charge in [0.05, 0.1) is 43.6 Å². The average Bonchev–Trinajstić information content (AvgIpc) is 3.65. The summed E-state index contributed by atoms with van der Waals surface area (Å²) in [4.78, 5) is 32.9. The van der Waals surface area contributed by atoms with Crippen LogP contribution in [0.2, 0.25) is 0 Å². The maximum Gasteiger partial charge on any atom is 0.338 e. The third kappa shape index (κ3) is 6.60. The molecular formula is C31H35N3O6S. The van der Waals surface area contributed by atoms with Gasteiger partial charge in [-0.2, -0.15) is 0 Å². The second kappa shape index (κ2) is 13.3. The van der Waals surface area contributed by atoms with Crippen LogP contribution in [0.1, 0.15) is 50.3 Å². The highest BCUT2D eigenvalue weighted by atomic mass is 32.2. The van der Waals surface area contributed by atoms with Crippen molar-refractivity contribution in [3.63, 3.8) is 0 Å². The van der Waals surface area contributed by atoms with Gasteiger partial charge in [0.15, 0.2) is 16.7 Å². The number of hydrogen-bond acceptors (Lipinski definition) is 9. The van der Waals surface area contributed by atoms with Gasteiger partial charge in [-0.15, -0.1) is 0 Å². The zero-order valence-electron chi connectivity index (χ0n) is 23.6. The average molecular weight is 578 g/mol. The molecule has 0 spiro atoms. The molecule has 3 aliphatic rings. The molecule has 0 unspecified atom stereocenters. The van der Waals surface area contributed by atoms with Crippen LogP contribution < -0.4 is 14.8 Å². The van der Waals surface area contributed by atoms with E-state index in [-0.39, 0.29) is 25.0 Å². The summed E-state index contributed by atoms with van der Waals surface area (Å²) in [6.07, 6.45) is 2.16. The van der Waals surface area contributed by atoms with Gasteiger partial charge in [-0.25, -0.2) is 9.79 Å². The number of nitrogens with zero attached hydrogens (tertiary/aromatic N) is 2. The summed E-state index contributed by atoms with van der Waals surface area (Å²) in [6, 6.07) is 15.0. The van der Waals surface area contributed by atoms with E-state index in [9.17, 15) is 9.59 Å². The molecule has 3 heterocycles. The smallest absolute Gasteiger partial charge is 0.338 e. The molecule has 10 heteroatoms. The molecule has 1 fully saturated rings. The van der Waals surface area contributed by atoms with Crippen LogP contribution >= 0.6 is 11.8 Å². The van der Waals surface area contributed by atoms with Gasteiger partial charge in [0, 0.05) is 18.8 Å². The van der Waals surface area contributed by atoms with Gasteiger partial charge in [0.25, 0.3) is 0 Å². The number of allylic oxidation sites excluding steroid dienone is 1. The predicted octanol–water partition coefficient (Wildman–Crippen LogP) is 5.10. The van der Waals surface area contributed by atoms with E-state index < -0.39 is 12.0 Å². The van der Waals surface area contributed by atoms with E-state index in [1.807, 2.05) is 65.8 Å². The molecule has 2 atom stereocenters. The molecule has 2 aromatic carbocycles. The van der Waals surface area contributed by atoms with Gasteiger partial charge >= 0.3 is 5.97 Å². The second-order valence-electron chi connectivity index (χ2n) is 9.91. The molecule has 1 amide bonds. The van der Waals surface area contributed by atoms with Crippen molar-refractivity contribution in [3.05, 3.63) is 82.0 Å². The van der Waals surface area contributed by atoms with E-state index in [0.29, 0.717) is 41.1 Å². The number of carbonyl (C=O) groups excluding carboxylic acids is 2. The number of aliphatic imine (C=N–C) groups is 1. The standard InChI is InChI=1S/C31H35N3O6S/c1-4-38-30(36)28-20(2)33-31-34(23(19-41-31)16-27(35)32-17-24-11-8-14-39-24)29(28)22-12-13-25(26(15-22)37-3)40-18-21-9-6-5-7-10-21/h5-7,9-10,12-13,15,19,24,29H,4,8,11,14,16-18H2,1-3H3,(H,32,35)/t24-,29-/m1/s1. The summed E-state index contributed by atoms with van der Waals surface area (Å²) >= 11 is 1.43. The monoisotopic (exact) mass is 577 g/mol. The summed E-state index contributed by atoms with van der Waals surface area (Å²) in [7, 11) is 1.59. The molecule has 0 radical (unpaired) electrons. The van der Waals surface area contributed by atoms with Crippen LogP contribution in [0.15, 0.2) is 75.9 Å². The molecule has 5 rings (SSSR count). The number of nitrogens with one attached hydrogen (secondary N) is 1. The first-order valence-electron chi connectivity index (χ1n) is 13.8. The van der Waals surface area contributed by atoms with Crippen LogP contribution in [0.25, 0.3) is 0 Å². The lowest BCUT2D eigenvalue weighted by Crippen LogP contribution is -2.38.